The number of aliphatic carboxylic acids is 1. The number of rotatable bonds is 6. The highest BCUT2D eigenvalue weighted by Gasteiger charge is 2.38. The molecule has 4 rings (SSSR count). The second kappa shape index (κ2) is 10.9. The first-order valence-electron chi connectivity index (χ1n) is 10.8. The molecule has 10 heteroatoms. The molecule has 0 radical (unpaired) electrons. The summed E-state index contributed by atoms with van der Waals surface area (Å²) in [4.78, 5) is 21.6. The first kappa shape index (κ1) is 25.5. The van der Waals surface area contributed by atoms with Crippen molar-refractivity contribution >= 4 is 34.2 Å². The fourth-order valence-electron chi connectivity index (χ4n) is 3.29. The highest BCUT2D eigenvalue weighted by molar-refractivity contribution is 6.07. The van der Waals surface area contributed by atoms with Crippen LogP contribution < -0.4 is 15.8 Å². The van der Waals surface area contributed by atoms with E-state index in [-0.39, 0.29) is 11.7 Å². The Morgan fingerprint density at radius 3 is 2.17 bits per heavy atom. The van der Waals surface area contributed by atoms with Gasteiger partial charge in [0.15, 0.2) is 0 Å². The molecule has 0 unspecified atom stereocenters. The molecule has 0 aliphatic heterocycles. The van der Waals surface area contributed by atoms with Gasteiger partial charge in [-0.15, -0.1) is 0 Å². The van der Waals surface area contributed by atoms with E-state index in [2.05, 4.69) is 5.32 Å². The number of benzene rings is 3. The van der Waals surface area contributed by atoms with Crippen LogP contribution in [-0.2, 0) is 4.79 Å². The third-order valence-electron chi connectivity index (χ3n) is 5.46. The van der Waals surface area contributed by atoms with Crippen LogP contribution in [0.4, 0.5) is 18.9 Å². The van der Waals surface area contributed by atoms with Crippen molar-refractivity contribution in [1.29, 1.82) is 5.41 Å². The van der Waals surface area contributed by atoms with Crippen LogP contribution in [0, 0.1) is 11.3 Å². The molecule has 1 amide bonds. The predicted octanol–water partition coefficient (Wildman–Crippen LogP) is 5.19. The van der Waals surface area contributed by atoms with Gasteiger partial charge in [0.2, 0.25) is 0 Å². The van der Waals surface area contributed by atoms with Gasteiger partial charge in [-0.3, -0.25) is 10.2 Å². The maximum Gasteiger partial charge on any atom is 0.490 e. The first-order chi connectivity index (χ1) is 16.5. The molecule has 1 saturated carbocycles. The zero-order valence-electron chi connectivity index (χ0n) is 18.6. The lowest BCUT2D eigenvalue weighted by molar-refractivity contribution is -0.192. The maximum absolute atomic E-state index is 12.7. The fourth-order valence-corrected chi connectivity index (χ4v) is 3.29. The molecule has 3 aromatic carbocycles. The summed E-state index contributed by atoms with van der Waals surface area (Å²) >= 11 is 0. The number of carboxylic acids is 1. The predicted molar refractivity (Wildman–Crippen MR) is 126 cm³/mol. The Morgan fingerprint density at radius 1 is 1.03 bits per heavy atom. The van der Waals surface area contributed by atoms with Crippen LogP contribution in [0.5, 0.6) is 5.75 Å². The SMILES string of the molecule is N=C(N)c1ccc2cc(C(=O)Nc3cccc(OCC4CCC4)c3)ccc2c1.O=C(O)C(F)(F)F. The molecule has 0 bridgehead atoms. The van der Waals surface area contributed by atoms with Gasteiger partial charge in [-0.25, -0.2) is 4.79 Å². The molecule has 1 fully saturated rings. The number of carbonyl (C=O) groups is 2. The number of halogens is 3. The number of amides is 1. The van der Waals surface area contributed by atoms with E-state index in [9.17, 15) is 18.0 Å². The van der Waals surface area contributed by atoms with E-state index in [0.29, 0.717) is 22.7 Å². The lowest BCUT2D eigenvalue weighted by Gasteiger charge is -2.25. The van der Waals surface area contributed by atoms with Crippen molar-refractivity contribution in [3.8, 4) is 5.75 Å². The van der Waals surface area contributed by atoms with Crippen LogP contribution >= 0.6 is 0 Å². The highest BCUT2D eigenvalue weighted by Crippen LogP contribution is 2.28. The van der Waals surface area contributed by atoms with Gasteiger partial charge in [-0.1, -0.05) is 30.7 Å². The van der Waals surface area contributed by atoms with Crippen molar-refractivity contribution in [2.75, 3.05) is 11.9 Å². The monoisotopic (exact) mass is 487 g/mol. The summed E-state index contributed by atoms with van der Waals surface area (Å²) in [6.07, 6.45) is -1.30. The number of hydrogen-bond acceptors (Lipinski definition) is 4. The molecule has 3 aromatic rings. The van der Waals surface area contributed by atoms with E-state index >= 15 is 0 Å². The number of ether oxygens (including phenoxy) is 1. The number of nitrogens with two attached hydrogens (primary N) is 1. The smallest absolute Gasteiger partial charge is 0.490 e. The summed E-state index contributed by atoms with van der Waals surface area (Å²) in [5, 5.41) is 19.5. The average molecular weight is 487 g/mol. The van der Waals surface area contributed by atoms with Gasteiger partial charge < -0.3 is 20.9 Å². The summed E-state index contributed by atoms with van der Waals surface area (Å²) in [7, 11) is 0. The Hall–Kier alpha value is -4.08. The quantitative estimate of drug-likeness (QED) is 0.281. The van der Waals surface area contributed by atoms with Crippen LogP contribution in [0.15, 0.2) is 60.7 Å². The second-order valence-electron chi connectivity index (χ2n) is 8.08. The molecular weight excluding hydrogens is 463 g/mol. The Morgan fingerprint density at radius 2 is 1.63 bits per heavy atom. The summed E-state index contributed by atoms with van der Waals surface area (Å²) < 4.78 is 37.6. The van der Waals surface area contributed by atoms with Crippen LogP contribution in [0.25, 0.3) is 10.8 Å². The van der Waals surface area contributed by atoms with Crippen molar-refractivity contribution in [2.24, 2.45) is 11.7 Å². The van der Waals surface area contributed by atoms with Crippen LogP contribution in [0.1, 0.15) is 35.2 Å². The molecule has 0 aromatic heterocycles. The summed E-state index contributed by atoms with van der Waals surface area (Å²) in [6, 6.07) is 18.5. The van der Waals surface area contributed by atoms with Gasteiger partial charge in [0.05, 0.1) is 6.61 Å². The minimum absolute atomic E-state index is 0.0307. The molecule has 0 heterocycles. The summed E-state index contributed by atoms with van der Waals surface area (Å²) in [6.45, 7) is 0.740. The first-order valence-corrected chi connectivity index (χ1v) is 10.8. The number of fused-ring (bicyclic) bond motifs is 1. The van der Waals surface area contributed by atoms with E-state index in [1.807, 2.05) is 48.5 Å². The van der Waals surface area contributed by atoms with E-state index in [4.69, 9.17) is 25.8 Å². The number of hydrogen-bond donors (Lipinski definition) is 4. The second-order valence-corrected chi connectivity index (χ2v) is 8.08. The third-order valence-corrected chi connectivity index (χ3v) is 5.46. The molecule has 184 valence electrons. The number of amidine groups is 1. The number of carboxylic acid groups (broad SMARTS) is 1. The van der Waals surface area contributed by atoms with Gasteiger partial charge in [-0.05, 0) is 59.9 Å². The van der Waals surface area contributed by atoms with Gasteiger partial charge in [0.1, 0.15) is 11.6 Å². The average Bonchev–Trinajstić information content (AvgIpc) is 2.77. The number of nitrogen functional groups attached to an aromatic ring is 1. The lowest BCUT2D eigenvalue weighted by atomic mass is 9.86. The third kappa shape index (κ3) is 7.20. The minimum atomic E-state index is -5.08. The van der Waals surface area contributed by atoms with Crippen LogP contribution in [0.3, 0.4) is 0 Å². The summed E-state index contributed by atoms with van der Waals surface area (Å²) in [5.74, 6) is -1.45. The Labute approximate surface area is 199 Å². The zero-order valence-corrected chi connectivity index (χ0v) is 18.6. The van der Waals surface area contributed by atoms with Crippen molar-refractivity contribution in [3.63, 3.8) is 0 Å². The summed E-state index contributed by atoms with van der Waals surface area (Å²) in [5.41, 5.74) is 7.49. The molecule has 1 aliphatic carbocycles. The molecule has 0 spiro atoms. The van der Waals surface area contributed by atoms with Gasteiger partial charge in [0.25, 0.3) is 5.91 Å². The normalized spacial score (nSPS) is 13.2. The fraction of sp³-hybridized carbons (Fsp3) is 0.240. The molecule has 0 atom stereocenters. The number of alkyl halides is 3. The van der Waals surface area contributed by atoms with Crippen LogP contribution in [-0.4, -0.2) is 35.6 Å². The largest absolute Gasteiger partial charge is 0.493 e. The highest BCUT2D eigenvalue weighted by atomic mass is 19.4. The molecule has 0 saturated heterocycles. The molecule has 5 N–H and O–H groups in total. The van der Waals surface area contributed by atoms with Crippen LogP contribution in [0.2, 0.25) is 0 Å². The van der Waals surface area contributed by atoms with E-state index in [1.54, 1.807) is 12.1 Å². The molecule has 7 nitrogen and oxygen atoms in total. The zero-order chi connectivity index (χ0) is 25.6. The minimum Gasteiger partial charge on any atom is -0.493 e. The van der Waals surface area contributed by atoms with Gasteiger partial charge >= 0.3 is 12.1 Å². The topological polar surface area (TPSA) is 126 Å². The van der Waals surface area contributed by atoms with Crippen molar-refractivity contribution in [2.45, 2.75) is 25.4 Å². The van der Waals surface area contributed by atoms with Gasteiger partial charge in [-0.2, -0.15) is 13.2 Å². The Bertz CT molecular complexity index is 1240. The van der Waals surface area contributed by atoms with Crippen molar-refractivity contribution in [3.05, 3.63) is 71.8 Å². The van der Waals surface area contributed by atoms with Gasteiger partial charge in [0, 0.05) is 22.9 Å². The van der Waals surface area contributed by atoms with Crippen molar-refractivity contribution in [1.82, 2.24) is 0 Å². The number of anilines is 1. The molecule has 35 heavy (non-hydrogen) atoms. The Kier molecular flexibility index (Phi) is 7.95. The van der Waals surface area contributed by atoms with Crippen molar-refractivity contribution < 1.29 is 32.6 Å². The molecule has 1 aliphatic rings. The van der Waals surface area contributed by atoms with E-state index < -0.39 is 12.1 Å². The number of nitrogens with one attached hydrogen (secondary N) is 2. The Balaban J connectivity index is 0.000000429. The van der Waals surface area contributed by atoms with E-state index in [1.165, 1.54) is 19.3 Å². The molecular formula is C25H24F3N3O4. The maximum atomic E-state index is 12.7. The lowest BCUT2D eigenvalue weighted by Crippen LogP contribution is -2.21. The standard InChI is InChI=1S/C23H23N3O2.C2HF3O2/c24-22(25)18-9-7-17-12-19(10-8-16(17)11-18)23(27)26-20-5-2-6-21(13-20)28-14-15-3-1-4-15;3-2(4,5)1(6)7/h2,5-13,15H,1,3-4,14H2,(H3,24,25)(H,26,27);(H,6,7). The number of carbonyl (C=O) groups excluding carboxylic acids is 1. The van der Waals surface area contributed by atoms with E-state index in [0.717, 1.165) is 23.1 Å².